The van der Waals surface area contributed by atoms with Crippen LogP contribution in [0.4, 0.5) is 0 Å². The number of aromatic nitrogens is 1. The number of nitrogens with one attached hydrogen (secondary N) is 1. The van der Waals surface area contributed by atoms with Gasteiger partial charge in [-0.1, -0.05) is 6.92 Å². The van der Waals surface area contributed by atoms with Crippen LogP contribution in [-0.2, 0) is 4.79 Å². The summed E-state index contributed by atoms with van der Waals surface area (Å²) in [6.07, 6.45) is 6.41. The topological polar surface area (TPSA) is 45.2 Å². The van der Waals surface area contributed by atoms with E-state index in [2.05, 4.69) is 24.1 Å². The molecule has 2 atom stereocenters. The van der Waals surface area contributed by atoms with Crippen LogP contribution in [0.1, 0.15) is 44.7 Å². The molecule has 1 aromatic heterocycles. The normalized spacial score (nSPS) is 24.2. The van der Waals surface area contributed by atoms with E-state index in [9.17, 15) is 4.79 Å². The third-order valence-electron chi connectivity index (χ3n) is 4.35. The highest BCUT2D eigenvalue weighted by molar-refractivity contribution is 5.86. The fourth-order valence-electron chi connectivity index (χ4n) is 2.82. The van der Waals surface area contributed by atoms with Crippen LogP contribution in [0.15, 0.2) is 24.5 Å². The molecule has 19 heavy (non-hydrogen) atoms. The molecule has 2 unspecified atom stereocenters. The number of likely N-dealkylation sites (N-methyl/N-ethyl adjacent to an activating group) is 1. The van der Waals surface area contributed by atoms with E-state index in [4.69, 9.17) is 0 Å². The van der Waals surface area contributed by atoms with Crippen molar-refractivity contribution < 1.29 is 4.79 Å². The number of pyridine rings is 1. The molecule has 0 bridgehead atoms. The number of hydrogen-bond donors (Lipinski definition) is 1. The zero-order valence-corrected chi connectivity index (χ0v) is 12.0. The van der Waals surface area contributed by atoms with Gasteiger partial charge in [-0.3, -0.25) is 9.78 Å². The quantitative estimate of drug-likeness (QED) is 0.903. The lowest BCUT2D eigenvalue weighted by molar-refractivity contribution is -0.138. The maximum Gasteiger partial charge on any atom is 0.243 e. The maximum absolute atomic E-state index is 12.8. The summed E-state index contributed by atoms with van der Waals surface area (Å²) in [5.41, 5.74) is 0.769. The third kappa shape index (κ3) is 2.63. The number of hydrogen-bond acceptors (Lipinski definition) is 3. The number of amides is 1. The molecule has 1 fully saturated rings. The molecule has 0 aromatic carbocycles. The predicted molar refractivity (Wildman–Crippen MR) is 75.7 cm³/mol. The van der Waals surface area contributed by atoms with Crippen LogP contribution in [0.25, 0.3) is 0 Å². The average molecular weight is 261 g/mol. The van der Waals surface area contributed by atoms with Crippen molar-refractivity contribution >= 4 is 5.91 Å². The number of carbonyl (C=O) groups excluding carboxylic acids is 1. The molecule has 1 aliphatic heterocycles. The van der Waals surface area contributed by atoms with Crippen LogP contribution >= 0.6 is 0 Å². The Hall–Kier alpha value is -1.42. The van der Waals surface area contributed by atoms with Gasteiger partial charge in [-0.05, 0) is 50.4 Å². The molecule has 1 N–H and O–H groups in total. The van der Waals surface area contributed by atoms with E-state index < -0.39 is 0 Å². The van der Waals surface area contributed by atoms with Crippen LogP contribution in [0.2, 0.25) is 0 Å². The van der Waals surface area contributed by atoms with Crippen molar-refractivity contribution in [2.75, 3.05) is 13.6 Å². The van der Waals surface area contributed by atoms with E-state index >= 15 is 0 Å². The van der Waals surface area contributed by atoms with Crippen LogP contribution in [0.3, 0.4) is 0 Å². The molecule has 0 radical (unpaired) electrons. The monoisotopic (exact) mass is 261 g/mol. The summed E-state index contributed by atoms with van der Waals surface area (Å²) in [6, 6.07) is 4.01. The summed E-state index contributed by atoms with van der Waals surface area (Å²) in [7, 11) is 1.89. The van der Waals surface area contributed by atoms with E-state index in [0.29, 0.717) is 0 Å². The van der Waals surface area contributed by atoms with Gasteiger partial charge in [0, 0.05) is 19.4 Å². The molecule has 2 rings (SSSR count). The number of carbonyl (C=O) groups is 1. The first kappa shape index (κ1) is 14.0. The molecule has 0 aliphatic carbocycles. The highest BCUT2D eigenvalue weighted by Crippen LogP contribution is 2.28. The fourth-order valence-corrected chi connectivity index (χ4v) is 2.82. The van der Waals surface area contributed by atoms with E-state index in [1.54, 1.807) is 12.4 Å². The van der Waals surface area contributed by atoms with Crippen molar-refractivity contribution in [1.82, 2.24) is 15.2 Å². The molecular formula is C15H23N3O. The second-order valence-corrected chi connectivity index (χ2v) is 5.34. The first-order chi connectivity index (χ1) is 9.10. The summed E-state index contributed by atoms with van der Waals surface area (Å²) < 4.78 is 0. The van der Waals surface area contributed by atoms with Gasteiger partial charge in [0.25, 0.3) is 0 Å². The van der Waals surface area contributed by atoms with E-state index in [-0.39, 0.29) is 17.5 Å². The highest BCUT2D eigenvalue weighted by Gasteiger charge is 2.41. The SMILES string of the molecule is CCC1(C(=O)N(C)C(C)c2ccncc2)CCCN1. The van der Waals surface area contributed by atoms with Gasteiger partial charge in [0.1, 0.15) is 0 Å². The predicted octanol–water partition coefficient (Wildman–Crippen LogP) is 2.13. The lowest BCUT2D eigenvalue weighted by Crippen LogP contribution is -2.53. The summed E-state index contributed by atoms with van der Waals surface area (Å²) in [5, 5.41) is 3.40. The van der Waals surface area contributed by atoms with Crippen molar-refractivity contribution in [1.29, 1.82) is 0 Å². The van der Waals surface area contributed by atoms with Crippen molar-refractivity contribution in [2.45, 2.75) is 44.7 Å². The smallest absolute Gasteiger partial charge is 0.243 e. The Morgan fingerprint density at radius 2 is 2.21 bits per heavy atom. The van der Waals surface area contributed by atoms with Gasteiger partial charge < -0.3 is 10.2 Å². The summed E-state index contributed by atoms with van der Waals surface area (Å²) in [5.74, 6) is 0.205. The summed E-state index contributed by atoms with van der Waals surface area (Å²) >= 11 is 0. The Labute approximate surface area is 115 Å². The molecule has 1 amide bonds. The second-order valence-electron chi connectivity index (χ2n) is 5.34. The van der Waals surface area contributed by atoms with Gasteiger partial charge in [0.05, 0.1) is 11.6 Å². The standard InChI is InChI=1S/C15H23N3O/c1-4-15(8-5-9-17-15)14(19)18(3)12(2)13-6-10-16-11-7-13/h6-7,10-12,17H,4-5,8-9H2,1-3H3. The second kappa shape index (κ2) is 5.70. The molecule has 1 aliphatic rings. The van der Waals surface area contributed by atoms with Crippen molar-refractivity contribution in [3.8, 4) is 0 Å². The third-order valence-corrected chi connectivity index (χ3v) is 4.35. The molecule has 2 heterocycles. The van der Waals surface area contributed by atoms with Crippen LogP contribution < -0.4 is 5.32 Å². The number of nitrogens with zero attached hydrogens (tertiary/aromatic N) is 2. The van der Waals surface area contributed by atoms with Gasteiger partial charge in [-0.25, -0.2) is 0 Å². The summed E-state index contributed by atoms with van der Waals surface area (Å²) in [4.78, 5) is 18.6. The zero-order chi connectivity index (χ0) is 13.9. The van der Waals surface area contributed by atoms with Crippen molar-refractivity contribution in [2.24, 2.45) is 0 Å². The van der Waals surface area contributed by atoms with Crippen LogP contribution in [-0.4, -0.2) is 34.9 Å². The lowest BCUT2D eigenvalue weighted by atomic mass is 9.91. The average Bonchev–Trinajstić information content (AvgIpc) is 2.96. The van der Waals surface area contributed by atoms with Gasteiger partial charge >= 0.3 is 0 Å². The largest absolute Gasteiger partial charge is 0.337 e. The number of rotatable bonds is 4. The molecular weight excluding hydrogens is 238 g/mol. The zero-order valence-electron chi connectivity index (χ0n) is 12.0. The Morgan fingerprint density at radius 3 is 2.74 bits per heavy atom. The minimum Gasteiger partial charge on any atom is -0.337 e. The molecule has 104 valence electrons. The fraction of sp³-hybridized carbons (Fsp3) is 0.600. The molecule has 4 nitrogen and oxygen atoms in total. The molecule has 1 saturated heterocycles. The lowest BCUT2D eigenvalue weighted by Gasteiger charge is -2.35. The Morgan fingerprint density at radius 1 is 1.53 bits per heavy atom. The molecule has 4 heteroatoms. The highest BCUT2D eigenvalue weighted by atomic mass is 16.2. The minimum atomic E-state index is -0.351. The first-order valence-electron chi connectivity index (χ1n) is 7.03. The Kier molecular flexibility index (Phi) is 4.20. The summed E-state index contributed by atoms with van der Waals surface area (Å²) in [6.45, 7) is 5.09. The molecule has 0 spiro atoms. The Balaban J connectivity index is 2.15. The van der Waals surface area contributed by atoms with Crippen LogP contribution in [0, 0.1) is 0 Å². The molecule has 0 saturated carbocycles. The van der Waals surface area contributed by atoms with Crippen molar-refractivity contribution in [3.05, 3.63) is 30.1 Å². The van der Waals surface area contributed by atoms with Gasteiger partial charge in [0.15, 0.2) is 0 Å². The van der Waals surface area contributed by atoms with E-state index in [1.165, 1.54) is 0 Å². The molecule has 1 aromatic rings. The Bertz CT molecular complexity index is 426. The first-order valence-corrected chi connectivity index (χ1v) is 7.03. The van der Waals surface area contributed by atoms with Gasteiger partial charge in [-0.15, -0.1) is 0 Å². The maximum atomic E-state index is 12.8. The van der Waals surface area contributed by atoms with E-state index in [0.717, 1.165) is 31.4 Å². The minimum absolute atomic E-state index is 0.0707. The van der Waals surface area contributed by atoms with Crippen molar-refractivity contribution in [3.63, 3.8) is 0 Å². The van der Waals surface area contributed by atoms with Gasteiger partial charge in [-0.2, -0.15) is 0 Å². The van der Waals surface area contributed by atoms with Crippen LogP contribution in [0.5, 0.6) is 0 Å². The van der Waals surface area contributed by atoms with Gasteiger partial charge in [0.2, 0.25) is 5.91 Å². The van der Waals surface area contributed by atoms with E-state index in [1.807, 2.05) is 24.1 Å².